The van der Waals surface area contributed by atoms with Crippen molar-refractivity contribution in [3.8, 4) is 0 Å². The number of aliphatic hydroxyl groups excluding tert-OH is 1. The Labute approximate surface area is 138 Å². The van der Waals surface area contributed by atoms with E-state index in [9.17, 15) is 9.90 Å². The number of fused-ring (bicyclic) bond motifs is 2. The summed E-state index contributed by atoms with van der Waals surface area (Å²) in [4.78, 5) is 15.1. The predicted octanol–water partition coefficient (Wildman–Crippen LogP) is 2.71. The molecule has 4 heteroatoms. The van der Waals surface area contributed by atoms with Gasteiger partial charge in [-0.15, -0.1) is 0 Å². The summed E-state index contributed by atoms with van der Waals surface area (Å²) < 4.78 is 5.78. The molecule has 0 amide bonds. The van der Waals surface area contributed by atoms with Gasteiger partial charge in [0.05, 0.1) is 6.61 Å². The van der Waals surface area contributed by atoms with E-state index in [0.29, 0.717) is 18.1 Å². The maximum Gasteiger partial charge on any atom is 0.316 e. The quantitative estimate of drug-likeness (QED) is 0.848. The Morgan fingerprint density at radius 1 is 1.22 bits per heavy atom. The van der Waals surface area contributed by atoms with Gasteiger partial charge in [-0.25, -0.2) is 0 Å². The zero-order chi connectivity index (χ0) is 16.4. The van der Waals surface area contributed by atoms with E-state index in [1.54, 1.807) is 0 Å². The van der Waals surface area contributed by atoms with E-state index < -0.39 is 5.92 Å². The molecule has 23 heavy (non-hydrogen) atoms. The van der Waals surface area contributed by atoms with Gasteiger partial charge in [-0.05, 0) is 32.3 Å². The van der Waals surface area contributed by atoms with Crippen LogP contribution in [-0.4, -0.2) is 46.8 Å². The second kappa shape index (κ2) is 7.02. The summed E-state index contributed by atoms with van der Waals surface area (Å²) in [6, 6.07) is 11.0. The van der Waals surface area contributed by atoms with Crippen molar-refractivity contribution in [2.75, 3.05) is 6.61 Å². The first-order chi connectivity index (χ1) is 11.1. The van der Waals surface area contributed by atoms with Crippen molar-refractivity contribution in [3.05, 3.63) is 35.9 Å². The van der Waals surface area contributed by atoms with Crippen LogP contribution in [0, 0.1) is 0 Å². The minimum atomic E-state index is -0.572. The topological polar surface area (TPSA) is 49.8 Å². The summed E-state index contributed by atoms with van der Waals surface area (Å²) in [5.74, 6) is -0.863. The van der Waals surface area contributed by atoms with Crippen molar-refractivity contribution in [2.24, 2.45) is 0 Å². The molecule has 0 saturated carbocycles. The molecule has 126 valence electrons. The zero-order valence-corrected chi connectivity index (χ0v) is 14.0. The number of ether oxygens (including phenoxy) is 1. The minimum absolute atomic E-state index is 0.00670. The van der Waals surface area contributed by atoms with Crippen LogP contribution in [0.15, 0.2) is 30.3 Å². The van der Waals surface area contributed by atoms with Crippen LogP contribution in [0.1, 0.15) is 51.0 Å². The highest BCUT2D eigenvalue weighted by atomic mass is 16.5. The first kappa shape index (κ1) is 16.5. The maximum absolute atomic E-state index is 12.5. The molecule has 0 aliphatic carbocycles. The number of carbonyl (C=O) groups is 1. The van der Waals surface area contributed by atoms with Crippen LogP contribution >= 0.6 is 0 Å². The summed E-state index contributed by atoms with van der Waals surface area (Å²) in [5, 5.41) is 9.60. The standard InChI is InChI=1S/C19H27NO3/c1-13(2)20-15-8-9-16(20)11-17(10-15)23-19(22)18(12-21)14-6-4-3-5-7-14/h3-7,13,15-18,21H,8-12H2,1-2H3/t15-,16-,18+/m1/s1. The number of rotatable bonds is 5. The summed E-state index contributed by atoms with van der Waals surface area (Å²) in [6.45, 7) is 4.28. The summed E-state index contributed by atoms with van der Waals surface area (Å²) >= 11 is 0. The van der Waals surface area contributed by atoms with Gasteiger partial charge in [0.25, 0.3) is 0 Å². The van der Waals surface area contributed by atoms with Crippen LogP contribution in [0.25, 0.3) is 0 Å². The molecule has 2 bridgehead atoms. The number of carbonyl (C=O) groups excluding carboxylic acids is 1. The van der Waals surface area contributed by atoms with E-state index in [1.807, 2.05) is 30.3 Å². The Morgan fingerprint density at radius 2 is 1.83 bits per heavy atom. The third-order valence-corrected chi connectivity index (χ3v) is 5.29. The Hall–Kier alpha value is -1.39. The van der Waals surface area contributed by atoms with Crippen molar-refractivity contribution < 1.29 is 14.6 Å². The molecule has 3 atom stereocenters. The Bertz CT molecular complexity index is 517. The number of nitrogens with zero attached hydrogens (tertiary/aromatic N) is 1. The molecule has 0 radical (unpaired) electrons. The van der Waals surface area contributed by atoms with Gasteiger partial charge < -0.3 is 9.84 Å². The predicted molar refractivity (Wildman–Crippen MR) is 89.2 cm³/mol. The molecular formula is C19H27NO3. The second-order valence-corrected chi connectivity index (χ2v) is 7.10. The van der Waals surface area contributed by atoms with Crippen LogP contribution < -0.4 is 0 Å². The monoisotopic (exact) mass is 317 g/mol. The fourth-order valence-electron chi connectivity index (χ4n) is 4.35. The van der Waals surface area contributed by atoms with Gasteiger partial charge in [0.1, 0.15) is 12.0 Å². The number of hydrogen-bond donors (Lipinski definition) is 1. The summed E-state index contributed by atoms with van der Waals surface area (Å²) in [5.41, 5.74) is 0.822. The first-order valence-electron chi connectivity index (χ1n) is 8.74. The molecule has 4 nitrogen and oxygen atoms in total. The SMILES string of the molecule is CC(C)N1[C@@H]2CC[C@@H]1CC(OC(=O)[C@@H](CO)c1ccccc1)C2. The van der Waals surface area contributed by atoms with Crippen LogP contribution in [0.3, 0.4) is 0 Å². The molecule has 2 fully saturated rings. The lowest BCUT2D eigenvalue weighted by atomic mass is 9.97. The highest BCUT2D eigenvalue weighted by Gasteiger charge is 2.43. The van der Waals surface area contributed by atoms with Crippen LogP contribution in [-0.2, 0) is 9.53 Å². The number of esters is 1. The Balaban J connectivity index is 1.63. The van der Waals surface area contributed by atoms with Gasteiger partial charge in [0.2, 0.25) is 0 Å². The fraction of sp³-hybridized carbons (Fsp3) is 0.632. The van der Waals surface area contributed by atoms with E-state index >= 15 is 0 Å². The van der Waals surface area contributed by atoms with Crippen molar-refractivity contribution in [1.29, 1.82) is 0 Å². The highest BCUT2D eigenvalue weighted by molar-refractivity contribution is 5.78. The van der Waals surface area contributed by atoms with Crippen LogP contribution in [0.5, 0.6) is 0 Å². The Morgan fingerprint density at radius 3 is 2.35 bits per heavy atom. The van der Waals surface area contributed by atoms with Gasteiger partial charge in [0, 0.05) is 31.0 Å². The van der Waals surface area contributed by atoms with Gasteiger partial charge >= 0.3 is 5.97 Å². The van der Waals surface area contributed by atoms with E-state index in [4.69, 9.17) is 4.74 Å². The molecule has 1 aromatic rings. The van der Waals surface area contributed by atoms with E-state index in [2.05, 4.69) is 18.7 Å². The smallest absolute Gasteiger partial charge is 0.316 e. The van der Waals surface area contributed by atoms with Crippen molar-refractivity contribution in [3.63, 3.8) is 0 Å². The molecule has 0 unspecified atom stereocenters. The molecule has 2 aliphatic rings. The maximum atomic E-state index is 12.5. The first-order valence-corrected chi connectivity index (χ1v) is 8.74. The van der Waals surface area contributed by atoms with Gasteiger partial charge in [-0.2, -0.15) is 0 Å². The van der Waals surface area contributed by atoms with Crippen molar-refractivity contribution in [2.45, 2.75) is 69.7 Å². The third-order valence-electron chi connectivity index (χ3n) is 5.29. The zero-order valence-electron chi connectivity index (χ0n) is 14.0. The van der Waals surface area contributed by atoms with E-state index in [0.717, 1.165) is 18.4 Å². The molecule has 2 aliphatic heterocycles. The van der Waals surface area contributed by atoms with Gasteiger partial charge in [-0.3, -0.25) is 9.69 Å². The fourth-order valence-corrected chi connectivity index (χ4v) is 4.35. The molecular weight excluding hydrogens is 290 g/mol. The molecule has 0 spiro atoms. The van der Waals surface area contributed by atoms with Crippen molar-refractivity contribution >= 4 is 5.97 Å². The molecule has 3 rings (SSSR count). The molecule has 2 heterocycles. The Kier molecular flexibility index (Phi) is 5.02. The molecule has 2 saturated heterocycles. The van der Waals surface area contributed by atoms with Crippen LogP contribution in [0.2, 0.25) is 0 Å². The number of aliphatic hydroxyl groups is 1. The lowest BCUT2D eigenvalue weighted by Crippen LogP contribution is -2.49. The largest absolute Gasteiger partial charge is 0.462 e. The molecule has 1 aromatic carbocycles. The average Bonchev–Trinajstić information content (AvgIpc) is 2.81. The minimum Gasteiger partial charge on any atom is -0.462 e. The molecule has 1 N–H and O–H groups in total. The lowest BCUT2D eigenvalue weighted by Gasteiger charge is -2.41. The number of hydrogen-bond acceptors (Lipinski definition) is 4. The normalized spacial score (nSPS) is 28.8. The van der Waals surface area contributed by atoms with Crippen LogP contribution in [0.4, 0.5) is 0 Å². The number of benzene rings is 1. The van der Waals surface area contributed by atoms with E-state index in [-0.39, 0.29) is 18.7 Å². The molecule has 0 aromatic heterocycles. The average molecular weight is 317 g/mol. The van der Waals surface area contributed by atoms with Gasteiger partial charge in [0.15, 0.2) is 0 Å². The summed E-state index contributed by atoms with van der Waals surface area (Å²) in [6.07, 6.45) is 4.26. The second-order valence-electron chi connectivity index (χ2n) is 7.10. The van der Waals surface area contributed by atoms with E-state index in [1.165, 1.54) is 12.8 Å². The van der Waals surface area contributed by atoms with Gasteiger partial charge in [-0.1, -0.05) is 30.3 Å². The number of piperidine rings is 1. The van der Waals surface area contributed by atoms with Crippen molar-refractivity contribution in [1.82, 2.24) is 4.90 Å². The third kappa shape index (κ3) is 3.43. The summed E-state index contributed by atoms with van der Waals surface area (Å²) in [7, 11) is 0. The highest BCUT2D eigenvalue weighted by Crippen LogP contribution is 2.38. The lowest BCUT2D eigenvalue weighted by molar-refractivity contribution is -0.155.